The van der Waals surface area contributed by atoms with Crippen LogP contribution in [-0.2, 0) is 10.2 Å². The van der Waals surface area contributed by atoms with Crippen LogP contribution in [0.1, 0.15) is 37.8 Å². The van der Waals surface area contributed by atoms with Crippen LogP contribution in [0.2, 0.25) is 0 Å². The fraction of sp³-hybridized carbons (Fsp3) is 0.381. The Kier molecular flexibility index (Phi) is 2.84. The normalized spacial score (nSPS) is 28.0. The van der Waals surface area contributed by atoms with E-state index in [-0.39, 0.29) is 11.3 Å². The van der Waals surface area contributed by atoms with Crippen molar-refractivity contribution in [3.8, 4) is 0 Å². The molecule has 0 radical (unpaired) electrons. The maximum atomic E-state index is 13.3. The van der Waals surface area contributed by atoms with Crippen molar-refractivity contribution in [3.63, 3.8) is 0 Å². The zero-order valence-corrected chi connectivity index (χ0v) is 13.3. The van der Waals surface area contributed by atoms with Crippen LogP contribution in [-0.4, -0.2) is 5.78 Å². The molecule has 0 aromatic heterocycles. The molecule has 1 nitrogen and oxygen atoms in total. The number of Topliss-reactive ketones (excluding diaryl/α,β-unsaturated/α-hetero) is 1. The number of hydrogen-bond donors (Lipinski definition) is 0. The summed E-state index contributed by atoms with van der Waals surface area (Å²) in [4.78, 5) is 13.3. The first-order valence-corrected chi connectivity index (χ1v) is 8.24. The topological polar surface area (TPSA) is 17.1 Å². The molecule has 2 atom stereocenters. The lowest BCUT2D eigenvalue weighted by Crippen LogP contribution is -2.62. The van der Waals surface area contributed by atoms with Crippen LogP contribution in [0.25, 0.3) is 0 Å². The number of ketones is 1. The summed E-state index contributed by atoms with van der Waals surface area (Å²) in [5.41, 5.74) is 2.11. The van der Waals surface area contributed by atoms with E-state index in [9.17, 15) is 4.79 Å². The van der Waals surface area contributed by atoms with Gasteiger partial charge in [-0.15, -0.1) is 0 Å². The second kappa shape index (κ2) is 4.55. The summed E-state index contributed by atoms with van der Waals surface area (Å²) >= 11 is 0. The van der Waals surface area contributed by atoms with Gasteiger partial charge in [-0.25, -0.2) is 0 Å². The number of fused-ring (bicyclic) bond motifs is 1. The van der Waals surface area contributed by atoms with Crippen molar-refractivity contribution in [1.82, 2.24) is 0 Å². The first-order valence-electron chi connectivity index (χ1n) is 8.24. The van der Waals surface area contributed by atoms with Gasteiger partial charge in [0.25, 0.3) is 0 Å². The molecule has 2 aliphatic carbocycles. The SMILES string of the molecule is CC1(C)CC[C@H]2C(=O)C(c3ccccc3)(c3ccccc3)[C@H]21. The van der Waals surface area contributed by atoms with E-state index in [1.807, 2.05) is 12.1 Å². The van der Waals surface area contributed by atoms with Crippen LogP contribution in [0.5, 0.6) is 0 Å². The predicted octanol–water partition coefficient (Wildman–Crippen LogP) is 4.61. The molecule has 4 rings (SSSR count). The van der Waals surface area contributed by atoms with Crippen molar-refractivity contribution >= 4 is 5.78 Å². The van der Waals surface area contributed by atoms with Crippen LogP contribution >= 0.6 is 0 Å². The number of hydrogen-bond acceptors (Lipinski definition) is 1. The third kappa shape index (κ3) is 1.57. The molecule has 1 heteroatoms. The second-order valence-corrected chi connectivity index (χ2v) is 7.52. The number of benzene rings is 2. The highest BCUT2D eigenvalue weighted by Crippen LogP contribution is 2.66. The molecular formula is C21H22O. The van der Waals surface area contributed by atoms with E-state index >= 15 is 0 Å². The number of rotatable bonds is 2. The highest BCUT2D eigenvalue weighted by atomic mass is 16.1. The van der Waals surface area contributed by atoms with E-state index in [1.165, 1.54) is 11.1 Å². The molecule has 0 heterocycles. The van der Waals surface area contributed by atoms with Crippen LogP contribution in [0.3, 0.4) is 0 Å². The zero-order valence-electron chi connectivity index (χ0n) is 13.3. The minimum atomic E-state index is -0.437. The maximum Gasteiger partial charge on any atom is 0.151 e. The Bertz CT molecular complexity index is 660. The third-order valence-corrected chi connectivity index (χ3v) is 5.99. The quantitative estimate of drug-likeness (QED) is 0.789. The fourth-order valence-electron chi connectivity index (χ4n) is 5.13. The average molecular weight is 290 g/mol. The zero-order chi connectivity index (χ0) is 15.4. The van der Waals surface area contributed by atoms with Gasteiger partial charge < -0.3 is 0 Å². The Hall–Kier alpha value is -1.89. The fourth-order valence-corrected chi connectivity index (χ4v) is 5.13. The lowest BCUT2D eigenvalue weighted by atomic mass is 9.44. The molecule has 112 valence electrons. The lowest BCUT2D eigenvalue weighted by Gasteiger charge is -2.56. The Morgan fingerprint density at radius 2 is 1.36 bits per heavy atom. The van der Waals surface area contributed by atoms with Crippen LogP contribution in [0.15, 0.2) is 60.7 Å². The molecule has 22 heavy (non-hydrogen) atoms. The van der Waals surface area contributed by atoms with Gasteiger partial charge in [0.2, 0.25) is 0 Å². The van der Waals surface area contributed by atoms with Gasteiger partial charge >= 0.3 is 0 Å². The Labute approximate surface area is 132 Å². The molecule has 0 amide bonds. The summed E-state index contributed by atoms with van der Waals surface area (Å²) in [6.45, 7) is 4.68. The van der Waals surface area contributed by atoms with Gasteiger partial charge in [-0.1, -0.05) is 74.5 Å². The van der Waals surface area contributed by atoms with Crippen LogP contribution in [0.4, 0.5) is 0 Å². The van der Waals surface area contributed by atoms with Gasteiger partial charge in [-0.3, -0.25) is 4.79 Å². The smallest absolute Gasteiger partial charge is 0.151 e. The van der Waals surface area contributed by atoms with Gasteiger partial charge in [0, 0.05) is 5.92 Å². The summed E-state index contributed by atoms with van der Waals surface area (Å²) in [5.74, 6) is 1.09. The highest BCUT2D eigenvalue weighted by Gasteiger charge is 2.69. The molecule has 0 bridgehead atoms. The molecule has 2 aromatic carbocycles. The molecule has 0 saturated heterocycles. The molecule has 0 spiro atoms. The molecule has 2 saturated carbocycles. The average Bonchev–Trinajstić information content (AvgIpc) is 2.82. The number of carbonyl (C=O) groups excluding carboxylic acids is 1. The van der Waals surface area contributed by atoms with Crippen molar-refractivity contribution in [3.05, 3.63) is 71.8 Å². The molecular weight excluding hydrogens is 268 g/mol. The van der Waals surface area contributed by atoms with E-state index in [0.717, 1.165) is 12.8 Å². The van der Waals surface area contributed by atoms with E-state index < -0.39 is 5.41 Å². The van der Waals surface area contributed by atoms with Gasteiger partial charge in [0.1, 0.15) is 0 Å². The van der Waals surface area contributed by atoms with Crippen molar-refractivity contribution < 1.29 is 4.79 Å². The summed E-state index contributed by atoms with van der Waals surface area (Å²) in [6.07, 6.45) is 2.20. The molecule has 0 aliphatic heterocycles. The van der Waals surface area contributed by atoms with Crippen molar-refractivity contribution in [2.45, 2.75) is 32.1 Å². The molecule has 2 aliphatic rings. The first kappa shape index (κ1) is 13.8. The lowest BCUT2D eigenvalue weighted by molar-refractivity contribution is -0.146. The third-order valence-electron chi connectivity index (χ3n) is 5.99. The highest BCUT2D eigenvalue weighted by molar-refractivity contribution is 6.03. The van der Waals surface area contributed by atoms with Crippen LogP contribution < -0.4 is 0 Å². The number of carbonyl (C=O) groups is 1. The van der Waals surface area contributed by atoms with Gasteiger partial charge in [0.05, 0.1) is 5.41 Å². The molecule has 0 N–H and O–H groups in total. The summed E-state index contributed by atoms with van der Waals surface area (Å²) in [7, 11) is 0. The largest absolute Gasteiger partial charge is 0.298 e. The van der Waals surface area contributed by atoms with E-state index in [1.54, 1.807) is 0 Å². The van der Waals surface area contributed by atoms with E-state index in [0.29, 0.717) is 11.7 Å². The van der Waals surface area contributed by atoms with Gasteiger partial charge in [-0.2, -0.15) is 0 Å². The summed E-state index contributed by atoms with van der Waals surface area (Å²) in [5, 5.41) is 0. The molecule has 2 fully saturated rings. The Balaban J connectivity index is 1.97. The van der Waals surface area contributed by atoms with Crippen molar-refractivity contribution in [1.29, 1.82) is 0 Å². The Morgan fingerprint density at radius 1 is 0.864 bits per heavy atom. The van der Waals surface area contributed by atoms with Gasteiger partial charge in [0.15, 0.2) is 5.78 Å². The van der Waals surface area contributed by atoms with E-state index in [2.05, 4.69) is 62.4 Å². The summed E-state index contributed by atoms with van der Waals surface area (Å²) in [6, 6.07) is 20.8. The standard InChI is InChI=1S/C21H22O/c1-20(2)14-13-17-18(20)21(19(17)22,15-9-5-3-6-10-15)16-11-7-4-8-12-16/h3-12,17-18H,13-14H2,1-2H3/t17-,18-/m1/s1. The minimum Gasteiger partial charge on any atom is -0.298 e. The first-order chi connectivity index (χ1) is 10.6. The molecule has 2 aromatic rings. The predicted molar refractivity (Wildman–Crippen MR) is 88.7 cm³/mol. The van der Waals surface area contributed by atoms with Crippen LogP contribution in [0, 0.1) is 17.3 Å². The van der Waals surface area contributed by atoms with Crippen molar-refractivity contribution in [2.75, 3.05) is 0 Å². The Morgan fingerprint density at radius 3 is 1.86 bits per heavy atom. The van der Waals surface area contributed by atoms with Gasteiger partial charge in [-0.05, 0) is 35.3 Å². The maximum absolute atomic E-state index is 13.3. The monoisotopic (exact) mass is 290 g/mol. The second-order valence-electron chi connectivity index (χ2n) is 7.52. The van der Waals surface area contributed by atoms with Crippen molar-refractivity contribution in [2.24, 2.45) is 17.3 Å². The molecule has 0 unspecified atom stereocenters. The summed E-state index contributed by atoms with van der Waals surface area (Å²) < 4.78 is 0. The van der Waals surface area contributed by atoms with E-state index in [4.69, 9.17) is 0 Å². The minimum absolute atomic E-state index is 0.213.